The van der Waals surface area contributed by atoms with Crippen LogP contribution in [0.15, 0.2) is 12.1 Å². The molecule has 0 unspecified atom stereocenters. The van der Waals surface area contributed by atoms with Crippen molar-refractivity contribution >= 4 is 22.9 Å². The first kappa shape index (κ1) is 30.3. The molecule has 12 heteroatoms. The molecule has 4 rings (SSSR count). The lowest BCUT2D eigenvalue weighted by molar-refractivity contribution is -0.160. The van der Waals surface area contributed by atoms with Crippen LogP contribution in [0.25, 0.3) is 22.2 Å². The molecule has 1 aliphatic rings. The average Bonchev–Trinajstić information content (AvgIpc) is 3.18. The van der Waals surface area contributed by atoms with E-state index in [-0.39, 0.29) is 28.3 Å². The van der Waals surface area contributed by atoms with Crippen LogP contribution in [0.2, 0.25) is 0 Å². The molecule has 41 heavy (non-hydrogen) atoms. The summed E-state index contributed by atoms with van der Waals surface area (Å²) in [7, 11) is 1.53. The Labute approximate surface area is 234 Å². The Morgan fingerprint density at radius 1 is 1.22 bits per heavy atom. The number of rotatable bonds is 7. The molecule has 2 aromatic heterocycles. The number of aromatic nitrogens is 2. The van der Waals surface area contributed by atoms with Gasteiger partial charge in [-0.1, -0.05) is 0 Å². The number of hydrogen-bond donors (Lipinski definition) is 2. The van der Waals surface area contributed by atoms with E-state index in [1.165, 1.54) is 23.7 Å². The first-order chi connectivity index (χ1) is 19.0. The Balaban J connectivity index is 2.02. The van der Waals surface area contributed by atoms with Gasteiger partial charge in [0.05, 0.1) is 18.6 Å². The third-order valence-electron chi connectivity index (χ3n) is 6.99. The molecular weight excluding hydrogens is 546 g/mol. The van der Waals surface area contributed by atoms with Crippen molar-refractivity contribution in [2.45, 2.75) is 71.8 Å². The van der Waals surface area contributed by atoms with Gasteiger partial charge in [-0.2, -0.15) is 13.2 Å². The number of amides is 1. The van der Waals surface area contributed by atoms with E-state index in [4.69, 9.17) is 9.47 Å². The summed E-state index contributed by atoms with van der Waals surface area (Å²) in [6.45, 7) is 8.26. The second kappa shape index (κ2) is 11.0. The van der Waals surface area contributed by atoms with Crippen molar-refractivity contribution in [1.29, 1.82) is 0 Å². The Kier molecular flexibility index (Phi) is 8.10. The first-order valence-corrected chi connectivity index (χ1v) is 13.2. The highest BCUT2D eigenvalue weighted by atomic mass is 19.4. The maximum Gasteiger partial charge on any atom is 0.390 e. The number of fused-ring (bicyclic) bond motifs is 2. The van der Waals surface area contributed by atoms with Gasteiger partial charge in [-0.05, 0) is 70.7 Å². The number of carbonyl (C=O) groups excluding carboxylic acids is 1. The van der Waals surface area contributed by atoms with Crippen LogP contribution in [-0.4, -0.2) is 51.5 Å². The van der Waals surface area contributed by atoms with Gasteiger partial charge in [0, 0.05) is 41.4 Å². The largest absolute Gasteiger partial charge is 0.490 e. The van der Waals surface area contributed by atoms with Crippen molar-refractivity contribution in [2.24, 2.45) is 7.05 Å². The molecule has 0 saturated heterocycles. The summed E-state index contributed by atoms with van der Waals surface area (Å²) in [5, 5.41) is 12.9. The summed E-state index contributed by atoms with van der Waals surface area (Å²) in [5.41, 5.74) is 1.91. The van der Waals surface area contributed by atoms with E-state index in [1.54, 1.807) is 34.6 Å². The normalized spacial score (nSPS) is 14.5. The lowest BCUT2D eigenvalue weighted by Gasteiger charge is -2.29. The maximum atomic E-state index is 15.5. The minimum atomic E-state index is -4.44. The molecule has 3 heterocycles. The van der Waals surface area contributed by atoms with Crippen molar-refractivity contribution in [3.8, 4) is 16.9 Å². The highest BCUT2D eigenvalue weighted by Crippen LogP contribution is 2.44. The number of nitrogens with one attached hydrogen (secondary N) is 1. The zero-order valence-electron chi connectivity index (χ0n) is 23.8. The summed E-state index contributed by atoms with van der Waals surface area (Å²) < 4.78 is 66.5. The van der Waals surface area contributed by atoms with E-state index < -0.39 is 48.5 Å². The van der Waals surface area contributed by atoms with Crippen LogP contribution in [-0.2, 0) is 23.0 Å². The first-order valence-electron chi connectivity index (χ1n) is 13.2. The van der Waals surface area contributed by atoms with Gasteiger partial charge in [-0.3, -0.25) is 4.79 Å². The zero-order chi connectivity index (χ0) is 30.4. The van der Waals surface area contributed by atoms with Gasteiger partial charge < -0.3 is 24.5 Å². The number of aryl methyl sites for hydroxylation is 2. The Hall–Kier alpha value is -3.67. The highest BCUT2D eigenvalue weighted by molar-refractivity contribution is 6.04. The number of aliphatic carboxylic acids is 1. The van der Waals surface area contributed by atoms with Crippen molar-refractivity contribution in [3.05, 3.63) is 46.0 Å². The quantitative estimate of drug-likeness (QED) is 0.336. The predicted molar refractivity (Wildman–Crippen MR) is 144 cm³/mol. The van der Waals surface area contributed by atoms with Crippen LogP contribution in [0.1, 0.15) is 72.6 Å². The topological polar surface area (TPSA) is 103 Å². The highest BCUT2D eigenvalue weighted by Gasteiger charge is 2.35. The van der Waals surface area contributed by atoms with Crippen molar-refractivity contribution in [3.63, 3.8) is 0 Å². The number of pyridine rings is 1. The average molecular weight is 580 g/mol. The lowest BCUT2D eigenvalue weighted by atomic mass is 9.86. The number of hydrogen-bond acceptors (Lipinski definition) is 5. The molecule has 0 aliphatic carbocycles. The molecule has 0 radical (unpaired) electrons. The molecule has 2 N–H and O–H groups in total. The van der Waals surface area contributed by atoms with Gasteiger partial charge in [0.1, 0.15) is 11.3 Å². The molecule has 1 aliphatic heterocycles. The van der Waals surface area contributed by atoms with Crippen LogP contribution >= 0.6 is 0 Å². The van der Waals surface area contributed by atoms with Gasteiger partial charge in [0.15, 0.2) is 17.7 Å². The maximum absolute atomic E-state index is 15.5. The van der Waals surface area contributed by atoms with E-state index in [0.29, 0.717) is 47.1 Å². The second-order valence-corrected chi connectivity index (χ2v) is 11.2. The predicted octanol–water partition coefficient (Wildman–Crippen LogP) is 5.94. The number of carbonyl (C=O) groups is 2. The molecule has 0 spiro atoms. The van der Waals surface area contributed by atoms with Gasteiger partial charge in [0.2, 0.25) is 0 Å². The van der Waals surface area contributed by atoms with Gasteiger partial charge in [0.25, 0.3) is 5.91 Å². The minimum Gasteiger partial charge on any atom is -0.490 e. The lowest BCUT2D eigenvalue weighted by Crippen LogP contribution is -2.29. The summed E-state index contributed by atoms with van der Waals surface area (Å²) in [4.78, 5) is 30.2. The number of carboxylic acids is 1. The third-order valence-corrected chi connectivity index (χ3v) is 6.99. The number of benzene rings is 1. The molecule has 0 saturated carbocycles. The van der Waals surface area contributed by atoms with Gasteiger partial charge >= 0.3 is 12.1 Å². The van der Waals surface area contributed by atoms with E-state index in [2.05, 4.69) is 10.3 Å². The van der Waals surface area contributed by atoms with E-state index >= 15 is 4.39 Å². The van der Waals surface area contributed by atoms with Crippen molar-refractivity contribution < 1.29 is 41.7 Å². The molecule has 3 aromatic rings. The molecule has 0 bridgehead atoms. The summed E-state index contributed by atoms with van der Waals surface area (Å²) in [6.07, 6.45) is -5.91. The molecule has 222 valence electrons. The fraction of sp³-hybridized carbons (Fsp3) is 0.483. The number of halogens is 4. The molecule has 1 amide bonds. The summed E-state index contributed by atoms with van der Waals surface area (Å²) in [5.74, 6) is -2.51. The van der Waals surface area contributed by atoms with Crippen LogP contribution in [0.3, 0.4) is 0 Å². The number of nitrogens with zero attached hydrogens (tertiary/aromatic N) is 2. The molecule has 1 atom stereocenters. The van der Waals surface area contributed by atoms with Crippen molar-refractivity contribution in [2.75, 3.05) is 13.2 Å². The smallest absolute Gasteiger partial charge is 0.390 e. The van der Waals surface area contributed by atoms with Crippen LogP contribution in [0.4, 0.5) is 17.6 Å². The van der Waals surface area contributed by atoms with E-state index in [0.717, 1.165) is 0 Å². The third kappa shape index (κ3) is 6.17. The number of carboxylic acid groups (broad SMARTS) is 1. The summed E-state index contributed by atoms with van der Waals surface area (Å²) >= 11 is 0. The van der Waals surface area contributed by atoms with Gasteiger partial charge in [-0.25, -0.2) is 14.2 Å². The van der Waals surface area contributed by atoms with Gasteiger partial charge in [-0.15, -0.1) is 0 Å². The minimum absolute atomic E-state index is 0.00973. The molecule has 8 nitrogen and oxygen atoms in total. The number of alkyl halides is 3. The Morgan fingerprint density at radius 2 is 1.90 bits per heavy atom. The Morgan fingerprint density at radius 3 is 2.51 bits per heavy atom. The molecular formula is C29H33F4N3O5. The van der Waals surface area contributed by atoms with Crippen molar-refractivity contribution in [1.82, 2.24) is 14.9 Å². The van der Waals surface area contributed by atoms with Crippen LogP contribution < -0.4 is 10.1 Å². The van der Waals surface area contributed by atoms with E-state index in [9.17, 15) is 27.9 Å². The zero-order valence-corrected chi connectivity index (χ0v) is 23.8. The van der Waals surface area contributed by atoms with Crippen LogP contribution in [0, 0.1) is 19.7 Å². The molecule has 1 aromatic carbocycles. The fourth-order valence-electron chi connectivity index (χ4n) is 5.20. The Bertz CT molecular complexity index is 1520. The molecule has 0 fully saturated rings. The standard InChI is InChI=1S/C29H33F4N3O5/c1-14-16-8-7-11-40-23(16)19(30)12-17(14)22-18-13-20(26(37)34-10-9-29(31,32)33)36(6)25(18)35-15(2)21(22)24(27(38)39)41-28(3,4)5/h12-13,24H,7-11H2,1-6H3,(H,34,37)(H,38,39)/t24-/m0/s1. The summed E-state index contributed by atoms with van der Waals surface area (Å²) in [6, 6.07) is 2.72. The fourth-order valence-corrected chi connectivity index (χ4v) is 5.20. The number of ether oxygens (including phenoxy) is 2. The SMILES string of the molecule is Cc1nc2c(cc(C(=O)NCCC(F)(F)F)n2C)c(-c2cc(F)c3c(c2C)CCCO3)c1[C@H](OC(C)(C)C)C(=O)O. The van der Waals surface area contributed by atoms with Crippen LogP contribution in [0.5, 0.6) is 5.75 Å². The van der Waals surface area contributed by atoms with E-state index in [1.807, 2.05) is 0 Å². The second-order valence-electron chi connectivity index (χ2n) is 11.2. The monoisotopic (exact) mass is 579 g/mol.